The zero-order valence-electron chi connectivity index (χ0n) is 15.0. The van der Waals surface area contributed by atoms with Gasteiger partial charge in [-0.3, -0.25) is 0 Å². The van der Waals surface area contributed by atoms with E-state index in [-0.39, 0.29) is 6.61 Å². The number of aliphatic hydroxyl groups is 2. The van der Waals surface area contributed by atoms with Gasteiger partial charge < -0.3 is 10.2 Å². The molecular weight excluding hydrogens is 272 g/mol. The summed E-state index contributed by atoms with van der Waals surface area (Å²) in [6, 6.07) is 0. The summed E-state index contributed by atoms with van der Waals surface area (Å²) in [6.07, 6.45) is 12.5. The molecule has 0 radical (unpaired) electrons. The fourth-order valence-electron chi connectivity index (χ4n) is 2.28. The first kappa shape index (κ1) is 20.9. The fourth-order valence-corrected chi connectivity index (χ4v) is 2.28. The van der Waals surface area contributed by atoms with E-state index in [1.54, 1.807) is 0 Å². The molecule has 1 unspecified atom stereocenters. The number of allylic oxidation sites excluding steroid dienone is 5. The first-order chi connectivity index (χ1) is 10.3. The molecule has 0 aromatic heterocycles. The van der Waals surface area contributed by atoms with Gasteiger partial charge in [-0.25, -0.2) is 0 Å². The highest BCUT2D eigenvalue weighted by molar-refractivity contribution is 5.10. The Labute approximate surface area is 137 Å². The van der Waals surface area contributed by atoms with Gasteiger partial charge in [-0.1, -0.05) is 46.6 Å². The molecule has 2 nitrogen and oxygen atoms in total. The Morgan fingerprint density at radius 3 is 2.00 bits per heavy atom. The lowest BCUT2D eigenvalue weighted by Crippen LogP contribution is -2.03. The van der Waals surface area contributed by atoms with Gasteiger partial charge in [0.15, 0.2) is 0 Å². The van der Waals surface area contributed by atoms with Crippen LogP contribution in [0.15, 0.2) is 46.6 Å². The average molecular weight is 306 g/mol. The fraction of sp³-hybridized carbons (Fsp3) is 0.600. The lowest BCUT2D eigenvalue weighted by Gasteiger charge is -2.08. The summed E-state index contributed by atoms with van der Waals surface area (Å²) in [5.74, 6) is 0. The van der Waals surface area contributed by atoms with Crippen LogP contribution in [0.2, 0.25) is 0 Å². The summed E-state index contributed by atoms with van der Waals surface area (Å²) < 4.78 is 0. The van der Waals surface area contributed by atoms with Crippen molar-refractivity contribution in [3.8, 4) is 0 Å². The highest BCUT2D eigenvalue weighted by Crippen LogP contribution is 2.14. The lowest BCUT2D eigenvalue weighted by atomic mass is 10.0. The molecule has 0 aliphatic rings. The van der Waals surface area contributed by atoms with Gasteiger partial charge in [-0.15, -0.1) is 0 Å². The van der Waals surface area contributed by atoms with E-state index in [1.165, 1.54) is 22.3 Å². The number of aliphatic hydroxyl groups excluding tert-OH is 2. The molecule has 2 heteroatoms. The van der Waals surface area contributed by atoms with E-state index in [0.29, 0.717) is 6.42 Å². The van der Waals surface area contributed by atoms with Crippen LogP contribution in [0.25, 0.3) is 0 Å². The minimum Gasteiger partial charge on any atom is -0.392 e. The zero-order chi connectivity index (χ0) is 17.0. The molecule has 0 bridgehead atoms. The molecule has 126 valence electrons. The second kappa shape index (κ2) is 12.4. The topological polar surface area (TPSA) is 40.5 Å². The van der Waals surface area contributed by atoms with Crippen molar-refractivity contribution in [3.63, 3.8) is 0 Å². The first-order valence-corrected chi connectivity index (χ1v) is 8.26. The summed E-state index contributed by atoms with van der Waals surface area (Å²) in [7, 11) is 0. The zero-order valence-corrected chi connectivity index (χ0v) is 15.0. The Balaban J connectivity index is 4.20. The summed E-state index contributed by atoms with van der Waals surface area (Å²) in [5, 5.41) is 18.9. The Kier molecular flexibility index (Phi) is 11.8. The van der Waals surface area contributed by atoms with Crippen LogP contribution >= 0.6 is 0 Å². The summed E-state index contributed by atoms with van der Waals surface area (Å²) >= 11 is 0. The highest BCUT2D eigenvalue weighted by Gasteiger charge is 2.02. The minimum absolute atomic E-state index is 0.115. The van der Waals surface area contributed by atoms with Crippen molar-refractivity contribution in [3.05, 3.63) is 46.6 Å². The van der Waals surface area contributed by atoms with Crippen LogP contribution in [0.5, 0.6) is 0 Å². The normalized spacial score (nSPS) is 15.0. The van der Waals surface area contributed by atoms with Crippen LogP contribution in [0.4, 0.5) is 0 Å². The van der Waals surface area contributed by atoms with Gasteiger partial charge in [0.2, 0.25) is 0 Å². The van der Waals surface area contributed by atoms with Gasteiger partial charge in [0.1, 0.15) is 0 Å². The second-order valence-corrected chi connectivity index (χ2v) is 6.43. The first-order valence-electron chi connectivity index (χ1n) is 8.26. The van der Waals surface area contributed by atoms with Crippen molar-refractivity contribution in [1.29, 1.82) is 0 Å². The van der Waals surface area contributed by atoms with Gasteiger partial charge in [0.25, 0.3) is 0 Å². The van der Waals surface area contributed by atoms with E-state index >= 15 is 0 Å². The molecule has 0 aliphatic carbocycles. The molecule has 0 heterocycles. The molecular formula is C20H34O2. The monoisotopic (exact) mass is 306 g/mol. The van der Waals surface area contributed by atoms with E-state index < -0.39 is 6.10 Å². The Morgan fingerprint density at radius 1 is 0.818 bits per heavy atom. The van der Waals surface area contributed by atoms with Crippen LogP contribution in [-0.2, 0) is 0 Å². The molecule has 0 saturated heterocycles. The van der Waals surface area contributed by atoms with Crippen LogP contribution in [0.1, 0.15) is 66.7 Å². The number of rotatable bonds is 10. The van der Waals surface area contributed by atoms with Crippen molar-refractivity contribution < 1.29 is 10.2 Å². The van der Waals surface area contributed by atoms with E-state index in [0.717, 1.165) is 25.7 Å². The smallest absolute Gasteiger partial charge is 0.0760 e. The Morgan fingerprint density at radius 2 is 1.41 bits per heavy atom. The molecule has 0 fully saturated rings. The third-order valence-corrected chi connectivity index (χ3v) is 3.57. The molecule has 0 aromatic carbocycles. The second-order valence-electron chi connectivity index (χ2n) is 6.43. The molecule has 22 heavy (non-hydrogen) atoms. The maximum atomic E-state index is 10.1. The lowest BCUT2D eigenvalue weighted by molar-refractivity contribution is 0.222. The largest absolute Gasteiger partial charge is 0.392 e. The Bertz CT molecular complexity index is 421. The van der Waals surface area contributed by atoms with Gasteiger partial charge >= 0.3 is 0 Å². The molecule has 0 aromatic rings. The molecule has 0 amide bonds. The molecule has 0 spiro atoms. The number of hydrogen-bond donors (Lipinski definition) is 2. The van der Waals surface area contributed by atoms with E-state index in [1.807, 2.05) is 19.1 Å². The summed E-state index contributed by atoms with van der Waals surface area (Å²) in [5.41, 5.74) is 5.02. The van der Waals surface area contributed by atoms with E-state index in [9.17, 15) is 5.11 Å². The third-order valence-electron chi connectivity index (χ3n) is 3.57. The van der Waals surface area contributed by atoms with Crippen molar-refractivity contribution in [2.75, 3.05) is 6.61 Å². The minimum atomic E-state index is -0.392. The van der Waals surface area contributed by atoms with Gasteiger partial charge in [0.05, 0.1) is 12.7 Å². The molecule has 2 N–H and O–H groups in total. The molecule has 1 atom stereocenters. The predicted molar refractivity (Wildman–Crippen MR) is 96.9 cm³/mol. The molecule has 0 aliphatic heterocycles. The Hall–Kier alpha value is -1.12. The average Bonchev–Trinajstić information content (AvgIpc) is 2.37. The summed E-state index contributed by atoms with van der Waals surface area (Å²) in [6.45, 7) is 10.5. The van der Waals surface area contributed by atoms with Gasteiger partial charge in [-0.2, -0.15) is 0 Å². The molecule has 0 rings (SSSR count). The van der Waals surface area contributed by atoms with Crippen molar-refractivity contribution in [1.82, 2.24) is 0 Å². The van der Waals surface area contributed by atoms with Crippen molar-refractivity contribution >= 4 is 0 Å². The van der Waals surface area contributed by atoms with E-state index in [4.69, 9.17) is 5.11 Å². The highest BCUT2D eigenvalue weighted by atomic mass is 16.3. The van der Waals surface area contributed by atoms with Gasteiger partial charge in [0, 0.05) is 0 Å². The van der Waals surface area contributed by atoms with Gasteiger partial charge in [-0.05, 0) is 66.7 Å². The maximum absolute atomic E-state index is 10.1. The standard InChI is InChI=1S/C20H34O2/c1-16(2)8-6-10-18(4)14-20(22)15-19(5)11-7-9-17(3)12-13-21/h8,11-12,14,20-22H,6-7,9-10,13,15H2,1-5H3/b17-12+,18-14+,19-11+. The third kappa shape index (κ3) is 12.6. The summed E-state index contributed by atoms with van der Waals surface area (Å²) in [4.78, 5) is 0. The van der Waals surface area contributed by atoms with Crippen LogP contribution in [0, 0.1) is 0 Å². The van der Waals surface area contributed by atoms with Crippen molar-refractivity contribution in [2.24, 2.45) is 0 Å². The maximum Gasteiger partial charge on any atom is 0.0760 e. The van der Waals surface area contributed by atoms with Crippen molar-refractivity contribution in [2.45, 2.75) is 72.8 Å². The quantitative estimate of drug-likeness (QED) is 0.552. The van der Waals surface area contributed by atoms with Crippen LogP contribution in [0.3, 0.4) is 0 Å². The number of hydrogen-bond acceptors (Lipinski definition) is 2. The SMILES string of the molecule is CC(C)=CCC/C(C)=C/C(O)C/C(C)=C/CC/C(C)=C/CO. The predicted octanol–water partition coefficient (Wildman–Crippen LogP) is 5.10. The van der Waals surface area contributed by atoms with E-state index in [2.05, 4.69) is 39.8 Å². The van der Waals surface area contributed by atoms with Crippen LogP contribution in [-0.4, -0.2) is 22.9 Å². The molecule has 0 saturated carbocycles. The van der Waals surface area contributed by atoms with Crippen LogP contribution < -0.4 is 0 Å².